The Hall–Kier alpha value is -2.29. The van der Waals surface area contributed by atoms with Crippen molar-refractivity contribution < 1.29 is 14.3 Å². The van der Waals surface area contributed by atoms with Gasteiger partial charge in [0.2, 0.25) is 0 Å². The predicted molar refractivity (Wildman–Crippen MR) is 73.5 cm³/mol. The Morgan fingerprint density at radius 3 is 2.42 bits per heavy atom. The molecule has 0 unspecified atom stereocenters. The lowest BCUT2D eigenvalue weighted by molar-refractivity contribution is 0.121. The van der Waals surface area contributed by atoms with Crippen LogP contribution in [0.5, 0.6) is 5.75 Å². The average Bonchev–Trinajstić information content (AvgIpc) is 2.43. The van der Waals surface area contributed by atoms with E-state index in [0.29, 0.717) is 12.2 Å². The highest BCUT2D eigenvalue weighted by molar-refractivity contribution is 5.64. The minimum atomic E-state index is -0.698. The van der Waals surface area contributed by atoms with Crippen LogP contribution in [0.15, 0.2) is 48.5 Å². The first-order chi connectivity index (χ1) is 9.19. The summed E-state index contributed by atoms with van der Waals surface area (Å²) in [6.07, 6.45) is 0.0179. The van der Waals surface area contributed by atoms with Crippen molar-refractivity contribution in [3.05, 3.63) is 65.2 Å². The SMILES string of the molecule is COC(=O)Oc1ccccc1Cc1ccc(C)cc1. The zero-order chi connectivity index (χ0) is 13.7. The van der Waals surface area contributed by atoms with Crippen molar-refractivity contribution in [2.45, 2.75) is 13.3 Å². The smallest absolute Gasteiger partial charge is 0.437 e. The van der Waals surface area contributed by atoms with Crippen molar-refractivity contribution >= 4 is 6.16 Å². The van der Waals surface area contributed by atoms with Crippen LogP contribution in [0.2, 0.25) is 0 Å². The van der Waals surface area contributed by atoms with E-state index in [2.05, 4.69) is 35.9 Å². The first kappa shape index (κ1) is 13.1. The normalized spacial score (nSPS) is 10.0. The van der Waals surface area contributed by atoms with E-state index in [9.17, 15) is 4.79 Å². The lowest BCUT2D eigenvalue weighted by Gasteiger charge is -2.09. The van der Waals surface area contributed by atoms with Crippen LogP contribution >= 0.6 is 0 Å². The van der Waals surface area contributed by atoms with Gasteiger partial charge in [-0.25, -0.2) is 4.79 Å². The molecule has 0 saturated heterocycles. The van der Waals surface area contributed by atoms with E-state index in [-0.39, 0.29) is 0 Å². The van der Waals surface area contributed by atoms with Gasteiger partial charge in [0.15, 0.2) is 0 Å². The van der Waals surface area contributed by atoms with Crippen LogP contribution in [0.4, 0.5) is 4.79 Å². The molecule has 0 atom stereocenters. The summed E-state index contributed by atoms with van der Waals surface area (Å²) in [7, 11) is 1.30. The zero-order valence-electron chi connectivity index (χ0n) is 11.1. The van der Waals surface area contributed by atoms with E-state index in [1.165, 1.54) is 18.2 Å². The lowest BCUT2D eigenvalue weighted by Crippen LogP contribution is -2.09. The number of carbonyl (C=O) groups excluding carboxylic acids is 1. The van der Waals surface area contributed by atoms with Gasteiger partial charge in [0.25, 0.3) is 0 Å². The molecule has 2 rings (SSSR count). The molecule has 0 aliphatic heterocycles. The van der Waals surface area contributed by atoms with Gasteiger partial charge in [0.05, 0.1) is 7.11 Å². The Balaban J connectivity index is 2.20. The third kappa shape index (κ3) is 3.58. The molecular weight excluding hydrogens is 240 g/mol. The van der Waals surface area contributed by atoms with Gasteiger partial charge in [-0.2, -0.15) is 0 Å². The minimum Gasteiger partial charge on any atom is -0.437 e. The average molecular weight is 256 g/mol. The number of hydrogen-bond donors (Lipinski definition) is 0. The van der Waals surface area contributed by atoms with Gasteiger partial charge in [0, 0.05) is 6.42 Å². The van der Waals surface area contributed by atoms with Crippen molar-refractivity contribution in [3.8, 4) is 5.75 Å². The van der Waals surface area contributed by atoms with Gasteiger partial charge >= 0.3 is 6.16 Å². The molecule has 0 aliphatic rings. The van der Waals surface area contributed by atoms with Crippen LogP contribution in [0.25, 0.3) is 0 Å². The second-order valence-corrected chi connectivity index (χ2v) is 4.33. The summed E-state index contributed by atoms with van der Waals surface area (Å²) in [4.78, 5) is 11.2. The summed E-state index contributed by atoms with van der Waals surface area (Å²) < 4.78 is 9.64. The van der Waals surface area contributed by atoms with E-state index in [0.717, 1.165) is 5.56 Å². The Morgan fingerprint density at radius 2 is 1.74 bits per heavy atom. The predicted octanol–water partition coefficient (Wildman–Crippen LogP) is 3.73. The minimum absolute atomic E-state index is 0.537. The number of aryl methyl sites for hydroxylation is 1. The molecule has 0 bridgehead atoms. The molecule has 0 N–H and O–H groups in total. The third-order valence-electron chi connectivity index (χ3n) is 2.85. The van der Waals surface area contributed by atoms with E-state index in [4.69, 9.17) is 4.74 Å². The van der Waals surface area contributed by atoms with Gasteiger partial charge < -0.3 is 9.47 Å². The fraction of sp³-hybridized carbons (Fsp3) is 0.188. The number of benzene rings is 2. The summed E-state index contributed by atoms with van der Waals surface area (Å²) in [5.74, 6) is 0.537. The lowest BCUT2D eigenvalue weighted by atomic mass is 10.0. The van der Waals surface area contributed by atoms with Crippen molar-refractivity contribution in [1.82, 2.24) is 0 Å². The number of hydrogen-bond acceptors (Lipinski definition) is 3. The van der Waals surface area contributed by atoms with Crippen LogP contribution in [0.3, 0.4) is 0 Å². The van der Waals surface area contributed by atoms with Crippen LogP contribution in [0, 0.1) is 6.92 Å². The van der Waals surface area contributed by atoms with Crippen molar-refractivity contribution in [3.63, 3.8) is 0 Å². The standard InChI is InChI=1S/C16H16O3/c1-12-7-9-13(10-8-12)11-14-5-3-4-6-15(14)19-16(17)18-2/h3-10H,11H2,1-2H3. The van der Waals surface area contributed by atoms with Crippen molar-refractivity contribution in [2.75, 3.05) is 7.11 Å². The van der Waals surface area contributed by atoms with Crippen LogP contribution in [-0.2, 0) is 11.2 Å². The highest BCUT2D eigenvalue weighted by atomic mass is 16.7. The molecule has 98 valence electrons. The Morgan fingerprint density at radius 1 is 1.05 bits per heavy atom. The maximum absolute atomic E-state index is 11.2. The summed E-state index contributed by atoms with van der Waals surface area (Å²) >= 11 is 0. The maximum Gasteiger partial charge on any atom is 0.513 e. The van der Waals surface area contributed by atoms with Crippen LogP contribution in [-0.4, -0.2) is 13.3 Å². The summed E-state index contributed by atoms with van der Waals surface area (Å²) in [6.45, 7) is 2.05. The van der Waals surface area contributed by atoms with E-state index in [1.807, 2.05) is 18.2 Å². The number of carbonyl (C=O) groups is 1. The van der Waals surface area contributed by atoms with E-state index >= 15 is 0 Å². The van der Waals surface area contributed by atoms with Crippen molar-refractivity contribution in [2.24, 2.45) is 0 Å². The number of ether oxygens (including phenoxy) is 2. The summed E-state index contributed by atoms with van der Waals surface area (Å²) in [5, 5.41) is 0. The second-order valence-electron chi connectivity index (χ2n) is 4.33. The molecule has 0 heterocycles. The largest absolute Gasteiger partial charge is 0.513 e. The maximum atomic E-state index is 11.2. The molecule has 0 spiro atoms. The number of methoxy groups -OCH3 is 1. The molecule has 0 aliphatic carbocycles. The number of rotatable bonds is 3. The van der Waals surface area contributed by atoms with Gasteiger partial charge in [-0.1, -0.05) is 48.0 Å². The van der Waals surface area contributed by atoms with Gasteiger partial charge in [0.1, 0.15) is 5.75 Å². The molecule has 0 aromatic heterocycles. The van der Waals surface area contributed by atoms with Gasteiger partial charge in [-0.15, -0.1) is 0 Å². The molecule has 2 aromatic rings. The van der Waals surface area contributed by atoms with Gasteiger partial charge in [-0.3, -0.25) is 0 Å². The molecule has 3 nitrogen and oxygen atoms in total. The topological polar surface area (TPSA) is 35.5 Å². The molecule has 2 aromatic carbocycles. The van der Waals surface area contributed by atoms with Crippen molar-refractivity contribution in [1.29, 1.82) is 0 Å². The molecule has 0 amide bonds. The highest BCUT2D eigenvalue weighted by Crippen LogP contribution is 2.22. The first-order valence-corrected chi connectivity index (χ1v) is 6.08. The summed E-state index contributed by atoms with van der Waals surface area (Å²) in [6, 6.07) is 15.7. The fourth-order valence-electron chi connectivity index (χ4n) is 1.81. The Kier molecular flexibility index (Phi) is 4.18. The fourth-order valence-corrected chi connectivity index (χ4v) is 1.81. The molecule has 19 heavy (non-hydrogen) atoms. The van der Waals surface area contributed by atoms with E-state index < -0.39 is 6.16 Å². The quantitative estimate of drug-likeness (QED) is 0.620. The summed E-state index contributed by atoms with van der Waals surface area (Å²) in [5.41, 5.74) is 3.35. The van der Waals surface area contributed by atoms with Gasteiger partial charge in [-0.05, 0) is 24.1 Å². The van der Waals surface area contributed by atoms with Crippen LogP contribution < -0.4 is 4.74 Å². The molecule has 0 saturated carbocycles. The Labute approximate surface area is 112 Å². The highest BCUT2D eigenvalue weighted by Gasteiger charge is 2.09. The molecule has 0 radical (unpaired) electrons. The van der Waals surface area contributed by atoms with Crippen LogP contribution in [0.1, 0.15) is 16.7 Å². The number of para-hydroxylation sites is 1. The molecule has 3 heteroatoms. The zero-order valence-corrected chi connectivity index (χ0v) is 11.1. The second kappa shape index (κ2) is 6.05. The first-order valence-electron chi connectivity index (χ1n) is 6.08. The molecular formula is C16H16O3. The van der Waals surface area contributed by atoms with E-state index in [1.54, 1.807) is 6.07 Å². The molecule has 0 fully saturated rings. The third-order valence-corrected chi connectivity index (χ3v) is 2.85. The Bertz CT molecular complexity index is 558. The monoisotopic (exact) mass is 256 g/mol.